The highest BCUT2D eigenvalue weighted by Gasteiger charge is 2.26. The van der Waals surface area contributed by atoms with E-state index in [2.05, 4.69) is 15.1 Å². The number of nitrogens with zero attached hydrogens (tertiary/aromatic N) is 4. The Morgan fingerprint density at radius 1 is 0.878 bits per heavy atom. The van der Waals surface area contributed by atoms with E-state index in [1.807, 2.05) is 35.2 Å². The van der Waals surface area contributed by atoms with Crippen LogP contribution in [0.15, 0.2) is 70.3 Å². The van der Waals surface area contributed by atoms with E-state index >= 15 is 0 Å². The Bertz CT molecular complexity index is 1350. The van der Waals surface area contributed by atoms with Crippen molar-refractivity contribution in [2.45, 2.75) is 32.1 Å². The average molecular weight is 597 g/mol. The number of piperidine rings is 1. The molecule has 0 saturated carbocycles. The van der Waals surface area contributed by atoms with Crippen LogP contribution in [0, 0.1) is 0 Å². The molecule has 3 heterocycles. The first-order chi connectivity index (χ1) is 19.9. The molecule has 0 radical (unpaired) electrons. The standard InChI is InChI=1S/C31H35Cl2N5O3/c32-24-8-6-23(27(33)21-24)7-13-30(39)35-26-11-9-25(10-12-26)34-29(22-36-14-2-1-3-15-36)37-16-18-38(19-17-37)31(40)28-5-4-20-41-28/h4-6,8-12,20-21H,1-3,7,13-19,22H2,(H,35,39). The molecule has 1 N–H and O–H groups in total. The molecule has 216 valence electrons. The van der Waals surface area contributed by atoms with E-state index in [9.17, 15) is 9.59 Å². The molecule has 0 bridgehead atoms. The van der Waals surface area contributed by atoms with Gasteiger partial charge < -0.3 is 19.5 Å². The van der Waals surface area contributed by atoms with Gasteiger partial charge in [-0.2, -0.15) is 0 Å². The van der Waals surface area contributed by atoms with Gasteiger partial charge in [0.2, 0.25) is 5.91 Å². The maximum Gasteiger partial charge on any atom is 0.289 e. The minimum atomic E-state index is -0.0833. The Balaban J connectivity index is 1.21. The molecule has 1 aromatic heterocycles. The number of hydrogen-bond donors (Lipinski definition) is 1. The van der Waals surface area contributed by atoms with Crippen LogP contribution < -0.4 is 5.32 Å². The van der Waals surface area contributed by atoms with Crippen molar-refractivity contribution in [3.05, 3.63) is 82.2 Å². The highest BCUT2D eigenvalue weighted by molar-refractivity contribution is 6.35. The number of nitrogens with one attached hydrogen (secondary N) is 1. The number of piperazine rings is 1. The highest BCUT2D eigenvalue weighted by atomic mass is 35.5. The van der Waals surface area contributed by atoms with Gasteiger partial charge in [0.1, 0.15) is 5.84 Å². The zero-order valence-corrected chi connectivity index (χ0v) is 24.5. The quantitative estimate of drug-likeness (QED) is 0.250. The molecule has 2 saturated heterocycles. The molecule has 3 aromatic rings. The van der Waals surface area contributed by atoms with Crippen LogP contribution in [0.3, 0.4) is 0 Å². The number of anilines is 1. The van der Waals surface area contributed by atoms with Crippen molar-refractivity contribution in [1.82, 2.24) is 14.7 Å². The van der Waals surface area contributed by atoms with Crippen molar-refractivity contribution in [1.29, 1.82) is 0 Å². The maximum absolute atomic E-state index is 12.7. The van der Waals surface area contributed by atoms with Crippen LogP contribution in [-0.4, -0.2) is 78.2 Å². The van der Waals surface area contributed by atoms with Crippen LogP contribution >= 0.6 is 23.2 Å². The lowest BCUT2D eigenvalue weighted by atomic mass is 10.1. The topological polar surface area (TPSA) is 81.4 Å². The van der Waals surface area contributed by atoms with Crippen molar-refractivity contribution >= 4 is 52.2 Å². The fourth-order valence-electron chi connectivity index (χ4n) is 5.21. The molecule has 2 aliphatic rings. The summed E-state index contributed by atoms with van der Waals surface area (Å²) in [5.41, 5.74) is 2.44. The third-order valence-electron chi connectivity index (χ3n) is 7.52. The molecule has 2 aliphatic heterocycles. The van der Waals surface area contributed by atoms with Crippen LogP contribution in [0.25, 0.3) is 0 Å². The van der Waals surface area contributed by atoms with Crippen LogP contribution in [0.1, 0.15) is 41.8 Å². The highest BCUT2D eigenvalue weighted by Crippen LogP contribution is 2.23. The van der Waals surface area contributed by atoms with Crippen molar-refractivity contribution in [2.24, 2.45) is 4.99 Å². The Kier molecular flexibility index (Phi) is 9.98. The van der Waals surface area contributed by atoms with E-state index in [1.54, 1.807) is 24.3 Å². The number of rotatable bonds is 8. The minimum absolute atomic E-state index is 0.0712. The molecule has 2 aromatic carbocycles. The smallest absolute Gasteiger partial charge is 0.289 e. The number of carbonyl (C=O) groups excluding carboxylic acids is 2. The van der Waals surface area contributed by atoms with Gasteiger partial charge in [0.05, 0.1) is 18.5 Å². The first-order valence-corrected chi connectivity index (χ1v) is 14.9. The molecule has 0 aliphatic carbocycles. The van der Waals surface area contributed by atoms with Crippen LogP contribution in [0.4, 0.5) is 11.4 Å². The zero-order chi connectivity index (χ0) is 28.6. The molecule has 10 heteroatoms. The maximum atomic E-state index is 12.7. The second kappa shape index (κ2) is 14.0. The molecule has 0 atom stereocenters. The number of amides is 2. The summed E-state index contributed by atoms with van der Waals surface area (Å²) in [6.07, 6.45) is 6.06. The molecule has 2 fully saturated rings. The number of furan rings is 1. The molecule has 8 nitrogen and oxygen atoms in total. The van der Waals surface area contributed by atoms with Gasteiger partial charge in [-0.1, -0.05) is 35.7 Å². The van der Waals surface area contributed by atoms with Gasteiger partial charge in [-0.25, -0.2) is 4.99 Å². The lowest BCUT2D eigenvalue weighted by molar-refractivity contribution is -0.116. The number of halogens is 2. The first kappa shape index (κ1) is 29.2. The lowest BCUT2D eigenvalue weighted by Crippen LogP contribution is -2.53. The molecule has 0 spiro atoms. The normalized spacial score (nSPS) is 16.6. The van der Waals surface area contributed by atoms with Gasteiger partial charge in [-0.15, -0.1) is 0 Å². The van der Waals surface area contributed by atoms with E-state index in [4.69, 9.17) is 32.6 Å². The van der Waals surface area contributed by atoms with Crippen LogP contribution in [0.2, 0.25) is 10.0 Å². The number of aliphatic imine (C=N–C) groups is 1. The molecule has 41 heavy (non-hydrogen) atoms. The summed E-state index contributed by atoms with van der Waals surface area (Å²) in [7, 11) is 0. The van der Waals surface area contributed by atoms with Gasteiger partial charge in [0.25, 0.3) is 5.91 Å². The number of aryl methyl sites for hydroxylation is 1. The summed E-state index contributed by atoms with van der Waals surface area (Å²) in [4.78, 5) is 36.9. The Labute approximate surface area is 250 Å². The summed E-state index contributed by atoms with van der Waals surface area (Å²) in [5.74, 6) is 1.23. The monoisotopic (exact) mass is 595 g/mol. The van der Waals surface area contributed by atoms with Gasteiger partial charge >= 0.3 is 0 Å². The SMILES string of the molecule is O=C(CCc1ccc(Cl)cc1Cl)Nc1ccc(N=C(CN2CCCCC2)N2CCN(C(=O)c3ccco3)CC2)cc1. The van der Waals surface area contributed by atoms with Crippen LogP contribution in [-0.2, 0) is 11.2 Å². The molecule has 5 rings (SSSR count). The number of likely N-dealkylation sites (tertiary alicyclic amines) is 1. The zero-order valence-electron chi connectivity index (χ0n) is 23.0. The number of carbonyl (C=O) groups is 2. The number of hydrogen-bond acceptors (Lipinski definition) is 5. The molecule has 2 amide bonds. The largest absolute Gasteiger partial charge is 0.459 e. The van der Waals surface area contributed by atoms with Crippen molar-refractivity contribution in [2.75, 3.05) is 51.1 Å². The second-order valence-electron chi connectivity index (χ2n) is 10.5. The van der Waals surface area contributed by atoms with E-state index in [-0.39, 0.29) is 11.8 Å². The summed E-state index contributed by atoms with van der Waals surface area (Å²) in [6, 6.07) is 16.4. The summed E-state index contributed by atoms with van der Waals surface area (Å²) < 4.78 is 5.31. The average Bonchev–Trinajstić information content (AvgIpc) is 3.53. The third kappa shape index (κ3) is 8.12. The van der Waals surface area contributed by atoms with E-state index in [1.165, 1.54) is 25.5 Å². The second-order valence-corrected chi connectivity index (χ2v) is 11.3. The molecular formula is C31H35Cl2N5O3. The van der Waals surface area contributed by atoms with Crippen molar-refractivity contribution in [3.63, 3.8) is 0 Å². The number of benzene rings is 2. The van der Waals surface area contributed by atoms with Gasteiger partial charge in [-0.3, -0.25) is 14.5 Å². The van der Waals surface area contributed by atoms with E-state index < -0.39 is 0 Å². The van der Waals surface area contributed by atoms with E-state index in [0.29, 0.717) is 54.8 Å². The van der Waals surface area contributed by atoms with Crippen molar-refractivity contribution in [3.8, 4) is 0 Å². The van der Waals surface area contributed by atoms with Crippen molar-refractivity contribution < 1.29 is 14.0 Å². The summed E-state index contributed by atoms with van der Waals surface area (Å²) in [5, 5.41) is 4.10. The fraction of sp³-hybridized carbons (Fsp3) is 0.387. The Hall–Kier alpha value is -3.33. The predicted molar refractivity (Wildman–Crippen MR) is 163 cm³/mol. The fourth-order valence-corrected chi connectivity index (χ4v) is 5.71. The van der Waals surface area contributed by atoms with Gasteiger partial charge in [0.15, 0.2) is 5.76 Å². The third-order valence-corrected chi connectivity index (χ3v) is 8.11. The first-order valence-electron chi connectivity index (χ1n) is 14.2. The van der Waals surface area contributed by atoms with E-state index in [0.717, 1.165) is 42.4 Å². The Morgan fingerprint density at radius 2 is 1.61 bits per heavy atom. The number of amidine groups is 1. The van der Waals surface area contributed by atoms with Crippen LogP contribution in [0.5, 0.6) is 0 Å². The Morgan fingerprint density at radius 3 is 2.29 bits per heavy atom. The summed E-state index contributed by atoms with van der Waals surface area (Å²) in [6.45, 7) is 5.58. The predicted octanol–water partition coefficient (Wildman–Crippen LogP) is 6.13. The molecular weight excluding hydrogens is 561 g/mol. The van der Waals surface area contributed by atoms with Gasteiger partial charge in [-0.05, 0) is 86.4 Å². The summed E-state index contributed by atoms with van der Waals surface area (Å²) >= 11 is 12.2. The molecule has 0 unspecified atom stereocenters. The van der Waals surface area contributed by atoms with Gasteiger partial charge in [0, 0.05) is 48.3 Å². The lowest BCUT2D eigenvalue weighted by Gasteiger charge is -2.38. The minimum Gasteiger partial charge on any atom is -0.459 e.